The topological polar surface area (TPSA) is 91.2 Å². The van der Waals surface area contributed by atoms with Crippen LogP contribution in [0.3, 0.4) is 0 Å². The van der Waals surface area contributed by atoms with Gasteiger partial charge in [-0.05, 0) is 43.2 Å². The number of carbonyl (C=O) groups excluding carboxylic acids is 1. The van der Waals surface area contributed by atoms with E-state index in [2.05, 4.69) is 10.5 Å². The third-order valence-electron chi connectivity index (χ3n) is 3.32. The molecule has 0 heterocycles. The number of nitrogens with one attached hydrogen (secondary N) is 1. The predicted octanol–water partition coefficient (Wildman–Crippen LogP) is 2.24. The van der Waals surface area contributed by atoms with Crippen molar-refractivity contribution in [3.63, 3.8) is 0 Å². The highest BCUT2D eigenvalue weighted by molar-refractivity contribution is 5.85. The maximum Gasteiger partial charge on any atom is 0.277 e. The van der Waals surface area contributed by atoms with E-state index in [1.807, 2.05) is 26.0 Å². The Balaban J connectivity index is 1.87. The minimum atomic E-state index is -0.416. The van der Waals surface area contributed by atoms with Crippen LogP contribution in [0.15, 0.2) is 41.5 Å². The summed E-state index contributed by atoms with van der Waals surface area (Å²) >= 11 is 0. The fraction of sp³-hybridized carbons (Fsp3) is 0.176. The second kappa shape index (κ2) is 7.31. The third-order valence-corrected chi connectivity index (χ3v) is 3.32. The van der Waals surface area contributed by atoms with Crippen LogP contribution in [0.2, 0.25) is 0 Å². The van der Waals surface area contributed by atoms with Crippen molar-refractivity contribution >= 4 is 12.1 Å². The summed E-state index contributed by atoms with van der Waals surface area (Å²) in [6.07, 6.45) is 1.28. The van der Waals surface area contributed by atoms with Gasteiger partial charge in [0.05, 0.1) is 6.21 Å². The molecule has 120 valence electrons. The van der Waals surface area contributed by atoms with E-state index < -0.39 is 5.91 Å². The summed E-state index contributed by atoms with van der Waals surface area (Å²) in [6.45, 7) is 3.73. The number of phenols is 2. The summed E-state index contributed by atoms with van der Waals surface area (Å²) in [4.78, 5) is 11.7. The second-order valence-electron chi connectivity index (χ2n) is 5.02. The van der Waals surface area contributed by atoms with Gasteiger partial charge in [-0.15, -0.1) is 0 Å². The van der Waals surface area contributed by atoms with Crippen LogP contribution in [0, 0.1) is 13.8 Å². The molecular weight excluding hydrogens is 296 g/mol. The number of rotatable bonds is 5. The number of amides is 1. The van der Waals surface area contributed by atoms with E-state index in [9.17, 15) is 15.0 Å². The fourth-order valence-electron chi connectivity index (χ4n) is 1.87. The number of ether oxygens (including phenoxy) is 1. The highest BCUT2D eigenvalue weighted by atomic mass is 16.5. The molecular formula is C17H18N2O4. The van der Waals surface area contributed by atoms with Crippen LogP contribution in [0.1, 0.15) is 16.7 Å². The molecule has 0 aliphatic rings. The van der Waals surface area contributed by atoms with Crippen LogP contribution in [0.4, 0.5) is 0 Å². The van der Waals surface area contributed by atoms with E-state index in [0.717, 1.165) is 11.1 Å². The summed E-state index contributed by atoms with van der Waals surface area (Å²) < 4.78 is 5.45. The Kier molecular flexibility index (Phi) is 5.19. The molecule has 0 bridgehead atoms. The van der Waals surface area contributed by atoms with Gasteiger partial charge in [0, 0.05) is 11.6 Å². The van der Waals surface area contributed by atoms with Gasteiger partial charge in [-0.3, -0.25) is 4.79 Å². The highest BCUT2D eigenvalue weighted by Crippen LogP contribution is 2.21. The zero-order valence-corrected chi connectivity index (χ0v) is 12.9. The van der Waals surface area contributed by atoms with E-state index in [4.69, 9.17) is 4.74 Å². The van der Waals surface area contributed by atoms with Gasteiger partial charge in [0.15, 0.2) is 6.61 Å². The molecule has 0 radical (unpaired) electrons. The number of nitrogens with zero attached hydrogens (tertiary/aromatic N) is 1. The van der Waals surface area contributed by atoms with Gasteiger partial charge in [-0.25, -0.2) is 5.43 Å². The Morgan fingerprint density at radius 3 is 2.78 bits per heavy atom. The fourth-order valence-corrected chi connectivity index (χ4v) is 1.87. The molecule has 2 rings (SSSR count). The van der Waals surface area contributed by atoms with Crippen molar-refractivity contribution in [2.75, 3.05) is 6.61 Å². The molecule has 0 aliphatic heterocycles. The largest absolute Gasteiger partial charge is 0.508 e. The van der Waals surface area contributed by atoms with E-state index in [-0.39, 0.29) is 18.1 Å². The summed E-state index contributed by atoms with van der Waals surface area (Å²) in [5.41, 5.74) is 4.75. The Morgan fingerprint density at radius 1 is 1.26 bits per heavy atom. The molecule has 0 spiro atoms. The molecule has 6 nitrogen and oxygen atoms in total. The van der Waals surface area contributed by atoms with E-state index in [0.29, 0.717) is 11.3 Å². The van der Waals surface area contributed by atoms with Gasteiger partial charge in [0.1, 0.15) is 17.2 Å². The van der Waals surface area contributed by atoms with E-state index in [1.165, 1.54) is 24.4 Å². The maximum absolute atomic E-state index is 11.7. The minimum absolute atomic E-state index is 0.0504. The quantitative estimate of drug-likeness (QED) is 0.583. The monoisotopic (exact) mass is 314 g/mol. The van der Waals surface area contributed by atoms with Crippen LogP contribution in [0.5, 0.6) is 17.2 Å². The highest BCUT2D eigenvalue weighted by Gasteiger charge is 2.05. The molecule has 2 aromatic carbocycles. The first-order valence-corrected chi connectivity index (χ1v) is 7.00. The standard InChI is InChI=1S/C17H18N2O4/c1-11-4-3-5-16(12(11)2)23-10-17(22)19-18-9-13-6-7-14(20)8-15(13)21/h3-9,20-21H,10H2,1-2H3,(H,19,22)/b18-9+. The van der Waals surface area contributed by atoms with Gasteiger partial charge in [0.25, 0.3) is 5.91 Å². The molecule has 1 amide bonds. The number of hydrogen-bond acceptors (Lipinski definition) is 5. The van der Waals surface area contributed by atoms with Gasteiger partial charge < -0.3 is 14.9 Å². The Hall–Kier alpha value is -3.02. The molecule has 0 saturated carbocycles. The van der Waals surface area contributed by atoms with Gasteiger partial charge in [0.2, 0.25) is 0 Å². The lowest BCUT2D eigenvalue weighted by molar-refractivity contribution is -0.123. The first kappa shape index (κ1) is 16.4. The lowest BCUT2D eigenvalue weighted by Gasteiger charge is -2.09. The molecule has 3 N–H and O–H groups in total. The summed E-state index contributed by atoms with van der Waals surface area (Å²) in [7, 11) is 0. The Labute approximate surface area is 134 Å². The first-order valence-electron chi connectivity index (χ1n) is 7.00. The lowest BCUT2D eigenvalue weighted by atomic mass is 10.1. The molecule has 23 heavy (non-hydrogen) atoms. The molecule has 6 heteroatoms. The summed E-state index contributed by atoms with van der Waals surface area (Å²) in [6, 6.07) is 9.71. The number of carbonyl (C=O) groups is 1. The Morgan fingerprint density at radius 2 is 2.04 bits per heavy atom. The third kappa shape index (κ3) is 4.47. The average Bonchev–Trinajstić information content (AvgIpc) is 2.51. The Bertz CT molecular complexity index is 741. The van der Waals surface area contributed by atoms with Gasteiger partial charge >= 0.3 is 0 Å². The van der Waals surface area contributed by atoms with Crippen molar-refractivity contribution in [3.05, 3.63) is 53.1 Å². The van der Waals surface area contributed by atoms with Gasteiger partial charge in [-0.2, -0.15) is 5.10 Å². The van der Waals surface area contributed by atoms with E-state index in [1.54, 1.807) is 6.07 Å². The molecule has 0 atom stereocenters. The van der Waals surface area contributed by atoms with Crippen LogP contribution < -0.4 is 10.2 Å². The number of phenolic OH excluding ortho intramolecular Hbond substituents is 2. The summed E-state index contributed by atoms with van der Waals surface area (Å²) in [5.74, 6) is 0.0565. The number of hydrogen-bond donors (Lipinski definition) is 3. The second-order valence-corrected chi connectivity index (χ2v) is 5.02. The van der Waals surface area contributed by atoms with Crippen LogP contribution >= 0.6 is 0 Å². The number of hydrazone groups is 1. The normalized spacial score (nSPS) is 10.7. The number of benzene rings is 2. The van der Waals surface area contributed by atoms with Crippen molar-refractivity contribution in [3.8, 4) is 17.2 Å². The molecule has 0 aromatic heterocycles. The van der Waals surface area contributed by atoms with Crippen molar-refractivity contribution in [2.24, 2.45) is 5.10 Å². The SMILES string of the molecule is Cc1cccc(OCC(=O)N/N=C/c2ccc(O)cc2O)c1C. The molecule has 2 aromatic rings. The number of aryl methyl sites for hydroxylation is 1. The van der Waals surface area contributed by atoms with Gasteiger partial charge in [-0.1, -0.05) is 12.1 Å². The number of aromatic hydroxyl groups is 2. The maximum atomic E-state index is 11.7. The van der Waals surface area contributed by atoms with Crippen molar-refractivity contribution < 1.29 is 19.7 Å². The molecule has 0 saturated heterocycles. The van der Waals surface area contributed by atoms with Crippen LogP contribution in [-0.2, 0) is 4.79 Å². The zero-order valence-electron chi connectivity index (χ0n) is 12.9. The molecule has 0 fully saturated rings. The van der Waals surface area contributed by atoms with Crippen LogP contribution in [-0.4, -0.2) is 28.9 Å². The van der Waals surface area contributed by atoms with Crippen molar-refractivity contribution in [1.82, 2.24) is 5.43 Å². The lowest BCUT2D eigenvalue weighted by Crippen LogP contribution is -2.24. The van der Waals surface area contributed by atoms with Crippen molar-refractivity contribution in [1.29, 1.82) is 0 Å². The average molecular weight is 314 g/mol. The molecule has 0 aliphatic carbocycles. The van der Waals surface area contributed by atoms with E-state index >= 15 is 0 Å². The minimum Gasteiger partial charge on any atom is -0.508 e. The first-order chi connectivity index (χ1) is 11.0. The summed E-state index contributed by atoms with van der Waals surface area (Å²) in [5, 5.41) is 22.5. The molecule has 0 unspecified atom stereocenters. The van der Waals surface area contributed by atoms with Crippen molar-refractivity contribution in [2.45, 2.75) is 13.8 Å². The van der Waals surface area contributed by atoms with Crippen LogP contribution in [0.25, 0.3) is 0 Å². The zero-order chi connectivity index (χ0) is 16.8. The predicted molar refractivity (Wildman–Crippen MR) is 86.9 cm³/mol. The smallest absolute Gasteiger partial charge is 0.277 e.